The zero-order valence-corrected chi connectivity index (χ0v) is 13.1. The summed E-state index contributed by atoms with van der Waals surface area (Å²) in [6.07, 6.45) is 4.36. The van der Waals surface area contributed by atoms with Crippen molar-refractivity contribution in [2.45, 2.75) is 64.9 Å². The topological polar surface area (TPSA) is 33.0 Å². The molecule has 108 valence electrons. The van der Waals surface area contributed by atoms with Crippen molar-refractivity contribution >= 4 is 0 Å². The smallest absolute Gasteiger partial charge is 0.122 e. The van der Waals surface area contributed by atoms with Gasteiger partial charge >= 0.3 is 0 Å². The summed E-state index contributed by atoms with van der Waals surface area (Å²) in [6.45, 7) is 8.74. The van der Waals surface area contributed by atoms with Crippen molar-refractivity contribution in [2.75, 3.05) is 0 Å². The van der Waals surface area contributed by atoms with Crippen molar-refractivity contribution < 1.29 is 4.74 Å². The van der Waals surface area contributed by atoms with E-state index in [-0.39, 0.29) is 17.4 Å². The Bertz CT molecular complexity index is 507. The van der Waals surface area contributed by atoms with Gasteiger partial charge in [-0.15, -0.1) is 0 Å². The van der Waals surface area contributed by atoms with Gasteiger partial charge in [0.2, 0.25) is 0 Å². The molecule has 0 amide bonds. The molecule has 1 aromatic carbocycles. The van der Waals surface area contributed by atoms with Crippen molar-refractivity contribution in [3.63, 3.8) is 0 Å². The standard InChI is InChI=1S/C18H25NO/c1-13-11-15(18(2,3)4)9-10-16(13)20-17-8-6-5-7-14(17)12-19/h9-11,14,17H,5-8H2,1-4H3. The Morgan fingerprint density at radius 1 is 1.20 bits per heavy atom. The summed E-state index contributed by atoms with van der Waals surface area (Å²) < 4.78 is 6.13. The maximum Gasteiger partial charge on any atom is 0.122 e. The van der Waals surface area contributed by atoms with E-state index in [1.165, 1.54) is 17.5 Å². The van der Waals surface area contributed by atoms with Gasteiger partial charge in [-0.1, -0.05) is 39.3 Å². The second kappa shape index (κ2) is 5.87. The van der Waals surface area contributed by atoms with Gasteiger partial charge in [0.25, 0.3) is 0 Å². The average Bonchev–Trinajstić information content (AvgIpc) is 2.40. The van der Waals surface area contributed by atoms with Crippen molar-refractivity contribution in [3.8, 4) is 11.8 Å². The SMILES string of the molecule is Cc1cc(C(C)(C)C)ccc1OC1CCCCC1C#N. The molecule has 2 unspecified atom stereocenters. The summed E-state index contributed by atoms with van der Waals surface area (Å²) in [5.41, 5.74) is 2.64. The van der Waals surface area contributed by atoms with E-state index in [9.17, 15) is 5.26 Å². The maximum absolute atomic E-state index is 9.23. The van der Waals surface area contributed by atoms with Crippen LogP contribution in [0.5, 0.6) is 5.75 Å². The number of aryl methyl sites for hydroxylation is 1. The van der Waals surface area contributed by atoms with E-state index in [1.807, 2.05) is 0 Å². The molecule has 0 spiro atoms. The predicted molar refractivity (Wildman–Crippen MR) is 81.9 cm³/mol. The first-order valence-electron chi connectivity index (χ1n) is 7.59. The van der Waals surface area contributed by atoms with Crippen LogP contribution in [0.4, 0.5) is 0 Å². The molecule has 0 heterocycles. The van der Waals surface area contributed by atoms with Crippen molar-refractivity contribution in [1.29, 1.82) is 5.26 Å². The highest BCUT2D eigenvalue weighted by Gasteiger charge is 2.27. The molecule has 0 saturated heterocycles. The van der Waals surface area contributed by atoms with E-state index in [1.54, 1.807) is 0 Å². The first kappa shape index (κ1) is 14.9. The number of nitrogens with zero attached hydrogens (tertiary/aromatic N) is 1. The van der Waals surface area contributed by atoms with E-state index in [2.05, 4.69) is 52.0 Å². The molecule has 1 saturated carbocycles. The lowest BCUT2D eigenvalue weighted by Gasteiger charge is -2.28. The fourth-order valence-electron chi connectivity index (χ4n) is 2.80. The van der Waals surface area contributed by atoms with Crippen LogP contribution >= 0.6 is 0 Å². The number of hydrogen-bond acceptors (Lipinski definition) is 2. The lowest BCUT2D eigenvalue weighted by atomic mass is 9.86. The van der Waals surface area contributed by atoms with E-state index < -0.39 is 0 Å². The van der Waals surface area contributed by atoms with Gasteiger partial charge in [0.1, 0.15) is 11.9 Å². The molecule has 1 aromatic rings. The molecular formula is C18H25NO. The van der Waals surface area contributed by atoms with E-state index in [0.717, 1.165) is 25.0 Å². The number of rotatable bonds is 2. The van der Waals surface area contributed by atoms with Crippen molar-refractivity contribution in [2.24, 2.45) is 5.92 Å². The van der Waals surface area contributed by atoms with Gasteiger partial charge in [-0.05, 0) is 48.8 Å². The van der Waals surface area contributed by atoms with Crippen LogP contribution in [0.25, 0.3) is 0 Å². The summed E-state index contributed by atoms with van der Waals surface area (Å²) >= 11 is 0. The molecule has 20 heavy (non-hydrogen) atoms. The van der Waals surface area contributed by atoms with Crippen LogP contribution in [0.2, 0.25) is 0 Å². The largest absolute Gasteiger partial charge is 0.489 e. The second-order valence-corrected chi connectivity index (χ2v) is 6.91. The molecule has 0 radical (unpaired) electrons. The Labute approximate surface area is 122 Å². The Morgan fingerprint density at radius 2 is 1.90 bits per heavy atom. The molecule has 2 atom stereocenters. The van der Waals surface area contributed by atoms with Gasteiger partial charge in [0.05, 0.1) is 12.0 Å². The van der Waals surface area contributed by atoms with Crippen LogP contribution in [0.15, 0.2) is 18.2 Å². The molecule has 2 nitrogen and oxygen atoms in total. The van der Waals surface area contributed by atoms with Crippen molar-refractivity contribution in [1.82, 2.24) is 0 Å². The highest BCUT2D eigenvalue weighted by atomic mass is 16.5. The maximum atomic E-state index is 9.23. The highest BCUT2D eigenvalue weighted by Crippen LogP contribution is 2.32. The first-order valence-corrected chi connectivity index (χ1v) is 7.59. The van der Waals surface area contributed by atoms with Gasteiger partial charge in [0, 0.05) is 0 Å². The minimum Gasteiger partial charge on any atom is -0.489 e. The van der Waals surface area contributed by atoms with Gasteiger partial charge in [-0.2, -0.15) is 5.26 Å². The number of nitriles is 1. The molecule has 0 N–H and O–H groups in total. The summed E-state index contributed by atoms with van der Waals surface area (Å²) in [4.78, 5) is 0. The van der Waals surface area contributed by atoms with Gasteiger partial charge < -0.3 is 4.74 Å². The lowest BCUT2D eigenvalue weighted by molar-refractivity contribution is 0.119. The zero-order chi connectivity index (χ0) is 14.8. The third-order valence-corrected chi connectivity index (χ3v) is 4.19. The van der Waals surface area contributed by atoms with E-state index in [4.69, 9.17) is 4.74 Å². The molecular weight excluding hydrogens is 246 g/mol. The fourth-order valence-corrected chi connectivity index (χ4v) is 2.80. The third-order valence-electron chi connectivity index (χ3n) is 4.19. The molecule has 1 aliphatic rings. The molecule has 2 heteroatoms. The second-order valence-electron chi connectivity index (χ2n) is 6.91. The molecule has 0 aliphatic heterocycles. The molecule has 0 aromatic heterocycles. The normalized spacial score (nSPS) is 23.1. The molecule has 1 aliphatic carbocycles. The average molecular weight is 271 g/mol. The molecule has 0 bridgehead atoms. The molecule has 2 rings (SSSR count). The first-order chi connectivity index (χ1) is 9.41. The minimum atomic E-state index is 0.0467. The Kier molecular flexibility index (Phi) is 4.38. The minimum absolute atomic E-state index is 0.0467. The quantitative estimate of drug-likeness (QED) is 0.777. The lowest BCUT2D eigenvalue weighted by Crippen LogP contribution is -2.29. The van der Waals surface area contributed by atoms with Gasteiger partial charge in [-0.25, -0.2) is 0 Å². The summed E-state index contributed by atoms with van der Waals surface area (Å²) in [5.74, 6) is 0.982. The Balaban J connectivity index is 2.16. The number of benzene rings is 1. The highest BCUT2D eigenvalue weighted by molar-refractivity contribution is 5.39. The Morgan fingerprint density at radius 3 is 2.50 bits per heavy atom. The summed E-state index contributed by atoms with van der Waals surface area (Å²) in [5, 5.41) is 9.23. The monoisotopic (exact) mass is 271 g/mol. The zero-order valence-electron chi connectivity index (χ0n) is 13.1. The summed E-state index contributed by atoms with van der Waals surface area (Å²) in [7, 11) is 0. The van der Waals surface area contributed by atoms with Crippen LogP contribution < -0.4 is 4.74 Å². The van der Waals surface area contributed by atoms with Crippen molar-refractivity contribution in [3.05, 3.63) is 29.3 Å². The van der Waals surface area contributed by atoms with Crippen LogP contribution in [0.3, 0.4) is 0 Å². The number of ether oxygens (including phenoxy) is 1. The summed E-state index contributed by atoms with van der Waals surface area (Å²) in [6, 6.07) is 8.83. The van der Waals surface area contributed by atoms with Crippen LogP contribution in [0.1, 0.15) is 57.6 Å². The van der Waals surface area contributed by atoms with E-state index >= 15 is 0 Å². The predicted octanol–water partition coefficient (Wildman–Crippen LogP) is 4.75. The van der Waals surface area contributed by atoms with Crippen LogP contribution in [-0.4, -0.2) is 6.10 Å². The van der Waals surface area contributed by atoms with Gasteiger partial charge in [-0.3, -0.25) is 0 Å². The third kappa shape index (κ3) is 3.33. The Hall–Kier alpha value is -1.49. The van der Waals surface area contributed by atoms with E-state index in [0.29, 0.717) is 0 Å². The van der Waals surface area contributed by atoms with Gasteiger partial charge in [0.15, 0.2) is 0 Å². The fraction of sp³-hybridized carbons (Fsp3) is 0.611. The van der Waals surface area contributed by atoms with Crippen LogP contribution in [-0.2, 0) is 5.41 Å². The molecule has 1 fully saturated rings. The van der Waals surface area contributed by atoms with Crippen LogP contribution in [0, 0.1) is 24.2 Å². The number of hydrogen-bond donors (Lipinski definition) is 0.